The fourth-order valence-corrected chi connectivity index (χ4v) is 2.44. The molecule has 0 aromatic heterocycles. The first-order chi connectivity index (χ1) is 8.60. The second-order valence-electron chi connectivity index (χ2n) is 4.60. The highest BCUT2D eigenvalue weighted by molar-refractivity contribution is 6.31. The van der Waals surface area contributed by atoms with Gasteiger partial charge in [-0.15, -0.1) is 12.4 Å². The van der Waals surface area contributed by atoms with Crippen LogP contribution in [0.25, 0.3) is 0 Å². The Hall–Kier alpha value is -0.970. The number of nitrogens with one attached hydrogen (secondary N) is 1. The van der Waals surface area contributed by atoms with Crippen molar-refractivity contribution < 1.29 is 9.53 Å². The molecule has 0 spiro atoms. The quantitative estimate of drug-likeness (QED) is 0.902. The Kier molecular flexibility index (Phi) is 5.91. The van der Waals surface area contributed by atoms with E-state index >= 15 is 0 Å². The molecular formula is C13H18Cl2N2O2. The van der Waals surface area contributed by atoms with Crippen molar-refractivity contribution in [1.29, 1.82) is 0 Å². The summed E-state index contributed by atoms with van der Waals surface area (Å²) in [7, 11) is 1.56. The molecule has 1 aromatic carbocycles. The maximum absolute atomic E-state index is 12.1. The topological polar surface area (TPSA) is 64.3 Å². The van der Waals surface area contributed by atoms with Crippen molar-refractivity contribution in [3.63, 3.8) is 0 Å². The van der Waals surface area contributed by atoms with Gasteiger partial charge in [-0.2, -0.15) is 0 Å². The van der Waals surface area contributed by atoms with E-state index in [-0.39, 0.29) is 30.3 Å². The molecular weight excluding hydrogens is 287 g/mol. The molecule has 2 unspecified atom stereocenters. The number of hydrogen-bond donors (Lipinski definition) is 2. The lowest BCUT2D eigenvalue weighted by molar-refractivity contribution is -0.119. The fraction of sp³-hybridized carbons (Fsp3) is 0.462. The largest absolute Gasteiger partial charge is 0.495 e. The molecule has 0 heterocycles. The molecule has 1 amide bonds. The molecule has 106 valence electrons. The van der Waals surface area contributed by atoms with E-state index in [9.17, 15) is 4.79 Å². The van der Waals surface area contributed by atoms with Gasteiger partial charge in [0.2, 0.25) is 5.91 Å². The number of anilines is 1. The van der Waals surface area contributed by atoms with Crippen LogP contribution in [-0.2, 0) is 4.79 Å². The van der Waals surface area contributed by atoms with Crippen LogP contribution in [0.1, 0.15) is 19.3 Å². The summed E-state index contributed by atoms with van der Waals surface area (Å²) in [5.74, 6) is 0.585. The Labute approximate surface area is 124 Å². The van der Waals surface area contributed by atoms with Crippen LogP contribution in [0.15, 0.2) is 18.2 Å². The molecule has 1 saturated carbocycles. The number of halogens is 2. The molecule has 4 nitrogen and oxygen atoms in total. The van der Waals surface area contributed by atoms with E-state index in [1.807, 2.05) is 0 Å². The molecule has 6 heteroatoms. The maximum Gasteiger partial charge on any atom is 0.227 e. The van der Waals surface area contributed by atoms with Gasteiger partial charge in [0.25, 0.3) is 0 Å². The number of carbonyl (C=O) groups is 1. The first-order valence-electron chi connectivity index (χ1n) is 6.00. The number of benzene rings is 1. The summed E-state index contributed by atoms with van der Waals surface area (Å²) < 4.78 is 5.19. The highest BCUT2D eigenvalue weighted by atomic mass is 35.5. The average Bonchev–Trinajstić information content (AvgIpc) is 2.76. The Balaban J connectivity index is 0.00000180. The zero-order chi connectivity index (χ0) is 13.1. The van der Waals surface area contributed by atoms with E-state index in [0.29, 0.717) is 16.5 Å². The van der Waals surface area contributed by atoms with Crippen LogP contribution < -0.4 is 15.8 Å². The van der Waals surface area contributed by atoms with Gasteiger partial charge in [0.05, 0.1) is 12.8 Å². The summed E-state index contributed by atoms with van der Waals surface area (Å²) in [6, 6.07) is 5.29. The lowest BCUT2D eigenvalue weighted by atomic mass is 10.1. The maximum atomic E-state index is 12.1. The van der Waals surface area contributed by atoms with Crippen LogP contribution >= 0.6 is 24.0 Å². The van der Waals surface area contributed by atoms with Crippen LogP contribution in [0.2, 0.25) is 5.02 Å². The third-order valence-electron chi connectivity index (χ3n) is 3.26. The minimum absolute atomic E-state index is 0. The van der Waals surface area contributed by atoms with Crippen molar-refractivity contribution in [3.8, 4) is 5.75 Å². The van der Waals surface area contributed by atoms with Gasteiger partial charge in [0.15, 0.2) is 0 Å². The number of ether oxygens (including phenoxy) is 1. The Morgan fingerprint density at radius 2 is 2.21 bits per heavy atom. The smallest absolute Gasteiger partial charge is 0.227 e. The summed E-state index contributed by atoms with van der Waals surface area (Å²) in [6.45, 7) is 0. The summed E-state index contributed by atoms with van der Waals surface area (Å²) in [6.07, 6.45) is 2.50. The van der Waals surface area contributed by atoms with Gasteiger partial charge in [0.1, 0.15) is 5.75 Å². The number of nitrogens with two attached hydrogens (primary N) is 1. The van der Waals surface area contributed by atoms with Crippen molar-refractivity contribution in [2.75, 3.05) is 12.4 Å². The van der Waals surface area contributed by atoms with E-state index in [0.717, 1.165) is 19.3 Å². The predicted molar refractivity (Wildman–Crippen MR) is 79.2 cm³/mol. The third kappa shape index (κ3) is 4.00. The number of methoxy groups -OCH3 is 1. The SMILES string of the molecule is COc1ccc(Cl)cc1NC(=O)C1CCC(N)C1.Cl. The zero-order valence-corrected chi connectivity index (χ0v) is 12.3. The van der Waals surface area contributed by atoms with E-state index < -0.39 is 0 Å². The lowest BCUT2D eigenvalue weighted by Gasteiger charge is -2.13. The van der Waals surface area contributed by atoms with Gasteiger partial charge in [-0.25, -0.2) is 0 Å². The molecule has 2 rings (SSSR count). The number of hydrogen-bond acceptors (Lipinski definition) is 3. The molecule has 1 fully saturated rings. The van der Waals surface area contributed by atoms with Gasteiger partial charge >= 0.3 is 0 Å². The molecule has 1 aliphatic carbocycles. The molecule has 1 aromatic rings. The second kappa shape index (κ2) is 6.98. The van der Waals surface area contributed by atoms with Gasteiger partial charge in [-0.1, -0.05) is 11.6 Å². The highest BCUT2D eigenvalue weighted by Gasteiger charge is 2.28. The van der Waals surface area contributed by atoms with Crippen LogP contribution in [0.3, 0.4) is 0 Å². The van der Waals surface area contributed by atoms with Gasteiger partial charge in [-0.05, 0) is 37.5 Å². The van der Waals surface area contributed by atoms with Gasteiger partial charge < -0.3 is 15.8 Å². The zero-order valence-electron chi connectivity index (χ0n) is 10.7. The first-order valence-corrected chi connectivity index (χ1v) is 6.38. The second-order valence-corrected chi connectivity index (χ2v) is 5.04. The van der Waals surface area contributed by atoms with Crippen molar-refractivity contribution >= 4 is 35.6 Å². The van der Waals surface area contributed by atoms with Crippen molar-refractivity contribution in [2.45, 2.75) is 25.3 Å². The molecule has 19 heavy (non-hydrogen) atoms. The Bertz CT molecular complexity index is 454. The van der Waals surface area contributed by atoms with Crippen LogP contribution in [-0.4, -0.2) is 19.1 Å². The van der Waals surface area contributed by atoms with Crippen LogP contribution in [0, 0.1) is 5.92 Å². The molecule has 0 bridgehead atoms. The van der Waals surface area contributed by atoms with Crippen molar-refractivity contribution in [2.24, 2.45) is 11.7 Å². The van der Waals surface area contributed by atoms with E-state index in [1.165, 1.54) is 0 Å². The monoisotopic (exact) mass is 304 g/mol. The number of rotatable bonds is 3. The van der Waals surface area contributed by atoms with Gasteiger partial charge in [0, 0.05) is 17.0 Å². The van der Waals surface area contributed by atoms with E-state index in [4.69, 9.17) is 22.1 Å². The molecule has 0 aliphatic heterocycles. The standard InChI is InChI=1S/C13H17ClN2O2.ClH/c1-18-12-5-3-9(14)7-11(12)16-13(17)8-2-4-10(15)6-8;/h3,5,7-8,10H,2,4,6,15H2,1H3,(H,16,17);1H. The van der Waals surface area contributed by atoms with Gasteiger partial charge in [-0.3, -0.25) is 4.79 Å². The third-order valence-corrected chi connectivity index (χ3v) is 3.50. The molecule has 3 N–H and O–H groups in total. The van der Waals surface area contributed by atoms with Crippen molar-refractivity contribution in [1.82, 2.24) is 0 Å². The summed E-state index contributed by atoms with van der Waals surface area (Å²) in [5, 5.41) is 3.42. The molecule has 0 radical (unpaired) electrons. The van der Waals surface area contributed by atoms with E-state index in [2.05, 4.69) is 5.32 Å². The summed E-state index contributed by atoms with van der Waals surface area (Å²) in [5.41, 5.74) is 6.42. The summed E-state index contributed by atoms with van der Waals surface area (Å²) in [4.78, 5) is 12.1. The number of amides is 1. The Morgan fingerprint density at radius 3 is 2.79 bits per heavy atom. The van der Waals surface area contributed by atoms with Crippen molar-refractivity contribution in [3.05, 3.63) is 23.2 Å². The first kappa shape index (κ1) is 16.1. The minimum Gasteiger partial charge on any atom is -0.495 e. The minimum atomic E-state index is -0.0106. The molecule has 2 atom stereocenters. The van der Waals surface area contributed by atoms with Crippen LogP contribution in [0.5, 0.6) is 5.75 Å². The van der Waals surface area contributed by atoms with E-state index in [1.54, 1.807) is 25.3 Å². The predicted octanol–water partition coefficient (Wildman–Crippen LogP) is 2.84. The van der Waals surface area contributed by atoms with Crippen LogP contribution in [0.4, 0.5) is 5.69 Å². The molecule has 0 saturated heterocycles. The molecule has 1 aliphatic rings. The normalized spacial score (nSPS) is 21.6. The average molecular weight is 305 g/mol. The lowest BCUT2D eigenvalue weighted by Crippen LogP contribution is -2.23. The fourth-order valence-electron chi connectivity index (χ4n) is 2.27. The highest BCUT2D eigenvalue weighted by Crippen LogP contribution is 2.30. The Morgan fingerprint density at radius 1 is 1.47 bits per heavy atom. The summed E-state index contributed by atoms with van der Waals surface area (Å²) >= 11 is 5.91. The number of carbonyl (C=O) groups excluding carboxylic acids is 1.